The first-order valence-electron chi connectivity index (χ1n) is 10.6. The normalized spacial score (nSPS) is 17.1. The van der Waals surface area contributed by atoms with Gasteiger partial charge in [0.15, 0.2) is 0 Å². The summed E-state index contributed by atoms with van der Waals surface area (Å²) in [4.78, 5) is 24.2. The third-order valence-electron chi connectivity index (χ3n) is 5.84. The summed E-state index contributed by atoms with van der Waals surface area (Å²) in [6, 6.07) is 6.88. The number of hydrogen-bond acceptors (Lipinski definition) is 4. The highest BCUT2D eigenvalue weighted by atomic mass is 16.1. The molecule has 1 amide bonds. The van der Waals surface area contributed by atoms with E-state index in [1.165, 1.54) is 16.7 Å². The number of amides is 1. The average molecular weight is 395 g/mol. The molecule has 5 nitrogen and oxygen atoms in total. The molecular formula is C24H34N4O. The van der Waals surface area contributed by atoms with Crippen molar-refractivity contribution < 1.29 is 4.79 Å². The molecule has 0 bridgehead atoms. The van der Waals surface area contributed by atoms with Crippen LogP contribution < -0.4 is 5.32 Å². The summed E-state index contributed by atoms with van der Waals surface area (Å²) in [5.74, 6) is 1.32. The van der Waals surface area contributed by atoms with Crippen molar-refractivity contribution >= 4 is 5.91 Å². The summed E-state index contributed by atoms with van der Waals surface area (Å²) in [5.41, 5.74) is 6.88. The Morgan fingerprint density at radius 1 is 1.14 bits per heavy atom. The molecule has 0 unspecified atom stereocenters. The standard InChI is InChI=1S/C24H34N4O/c1-15(2)25-23(29)12-22-18(5)26-24(27-19(22)6)21-9-10-28(14-21)13-20-8-7-16(3)17(4)11-20/h7-8,11,15,21H,9-10,12-14H2,1-6H3,(H,25,29)/t21-/m1/s1. The van der Waals surface area contributed by atoms with Gasteiger partial charge in [-0.2, -0.15) is 0 Å². The molecule has 29 heavy (non-hydrogen) atoms. The van der Waals surface area contributed by atoms with Crippen LogP contribution in [0.15, 0.2) is 18.2 Å². The smallest absolute Gasteiger partial charge is 0.224 e. The highest BCUT2D eigenvalue weighted by Gasteiger charge is 2.27. The maximum absolute atomic E-state index is 12.2. The van der Waals surface area contributed by atoms with E-state index in [2.05, 4.69) is 42.3 Å². The van der Waals surface area contributed by atoms with Gasteiger partial charge in [0.1, 0.15) is 5.82 Å². The summed E-state index contributed by atoms with van der Waals surface area (Å²) in [5, 5.41) is 2.95. The fourth-order valence-corrected chi connectivity index (χ4v) is 4.08. The van der Waals surface area contributed by atoms with E-state index in [4.69, 9.17) is 9.97 Å². The maximum Gasteiger partial charge on any atom is 0.224 e. The van der Waals surface area contributed by atoms with Crippen molar-refractivity contribution in [1.29, 1.82) is 0 Å². The van der Waals surface area contributed by atoms with E-state index in [1.807, 2.05) is 27.7 Å². The van der Waals surface area contributed by atoms with Crippen molar-refractivity contribution in [2.45, 2.75) is 72.9 Å². The molecule has 1 N–H and O–H groups in total. The van der Waals surface area contributed by atoms with Crippen LogP contribution in [0.4, 0.5) is 0 Å². The van der Waals surface area contributed by atoms with Gasteiger partial charge in [0.2, 0.25) is 5.91 Å². The predicted octanol–water partition coefficient (Wildman–Crippen LogP) is 3.77. The molecule has 0 radical (unpaired) electrons. The lowest BCUT2D eigenvalue weighted by molar-refractivity contribution is -0.120. The number of hydrogen-bond donors (Lipinski definition) is 1. The molecule has 1 aliphatic heterocycles. The Kier molecular flexibility index (Phi) is 6.68. The molecule has 1 aromatic heterocycles. The van der Waals surface area contributed by atoms with Crippen LogP contribution in [0.5, 0.6) is 0 Å². The van der Waals surface area contributed by atoms with E-state index < -0.39 is 0 Å². The van der Waals surface area contributed by atoms with E-state index in [1.54, 1.807) is 0 Å². The Morgan fingerprint density at radius 2 is 1.83 bits per heavy atom. The van der Waals surface area contributed by atoms with Crippen LogP contribution >= 0.6 is 0 Å². The van der Waals surface area contributed by atoms with Crippen LogP contribution in [0.2, 0.25) is 0 Å². The van der Waals surface area contributed by atoms with E-state index in [0.717, 1.165) is 48.8 Å². The van der Waals surface area contributed by atoms with Gasteiger partial charge in [-0.1, -0.05) is 18.2 Å². The van der Waals surface area contributed by atoms with Gasteiger partial charge in [0.25, 0.3) is 0 Å². The van der Waals surface area contributed by atoms with Crippen LogP contribution in [0.1, 0.15) is 65.7 Å². The summed E-state index contributed by atoms with van der Waals surface area (Å²) in [6.45, 7) is 15.3. The Morgan fingerprint density at radius 3 is 2.45 bits per heavy atom. The van der Waals surface area contributed by atoms with Crippen LogP contribution in [-0.2, 0) is 17.8 Å². The van der Waals surface area contributed by atoms with Gasteiger partial charge in [-0.3, -0.25) is 9.69 Å². The molecule has 2 heterocycles. The van der Waals surface area contributed by atoms with Crippen molar-refractivity contribution in [3.05, 3.63) is 57.7 Å². The molecule has 156 valence electrons. The van der Waals surface area contributed by atoms with Crippen LogP contribution in [0.25, 0.3) is 0 Å². The highest BCUT2D eigenvalue weighted by molar-refractivity contribution is 5.79. The van der Waals surface area contributed by atoms with Gasteiger partial charge in [0.05, 0.1) is 6.42 Å². The minimum absolute atomic E-state index is 0.0305. The zero-order valence-electron chi connectivity index (χ0n) is 18.7. The van der Waals surface area contributed by atoms with Gasteiger partial charge in [-0.25, -0.2) is 9.97 Å². The van der Waals surface area contributed by atoms with Gasteiger partial charge in [-0.05, 0) is 71.2 Å². The quantitative estimate of drug-likeness (QED) is 0.810. The number of carbonyl (C=O) groups is 1. The summed E-state index contributed by atoms with van der Waals surface area (Å²) >= 11 is 0. The number of carbonyl (C=O) groups excluding carboxylic acids is 1. The average Bonchev–Trinajstić information content (AvgIpc) is 3.09. The molecule has 0 spiro atoms. The number of rotatable bonds is 6. The monoisotopic (exact) mass is 394 g/mol. The molecule has 1 aliphatic rings. The van der Waals surface area contributed by atoms with Crippen LogP contribution in [-0.4, -0.2) is 39.9 Å². The summed E-state index contributed by atoms with van der Waals surface area (Å²) in [6.07, 6.45) is 1.43. The molecule has 0 saturated carbocycles. The van der Waals surface area contributed by atoms with Gasteiger partial charge in [0, 0.05) is 42.0 Å². The van der Waals surface area contributed by atoms with Crippen molar-refractivity contribution in [1.82, 2.24) is 20.2 Å². The lowest BCUT2D eigenvalue weighted by Gasteiger charge is -2.18. The molecule has 0 aliphatic carbocycles. The third-order valence-corrected chi connectivity index (χ3v) is 5.84. The first-order valence-corrected chi connectivity index (χ1v) is 10.6. The zero-order valence-corrected chi connectivity index (χ0v) is 18.7. The maximum atomic E-state index is 12.2. The molecular weight excluding hydrogens is 360 g/mol. The number of likely N-dealkylation sites (tertiary alicyclic amines) is 1. The van der Waals surface area contributed by atoms with Crippen molar-refractivity contribution in [2.75, 3.05) is 13.1 Å². The van der Waals surface area contributed by atoms with Crippen molar-refractivity contribution in [2.24, 2.45) is 0 Å². The second-order valence-electron chi connectivity index (χ2n) is 8.77. The summed E-state index contributed by atoms with van der Waals surface area (Å²) in [7, 11) is 0. The lowest BCUT2D eigenvalue weighted by Crippen LogP contribution is -2.32. The largest absolute Gasteiger partial charge is 0.354 e. The highest BCUT2D eigenvalue weighted by Crippen LogP contribution is 2.27. The Balaban J connectivity index is 1.66. The third kappa shape index (κ3) is 5.41. The predicted molar refractivity (Wildman–Crippen MR) is 117 cm³/mol. The molecule has 3 rings (SSSR count). The SMILES string of the molecule is Cc1ccc(CN2CC[C@@H](c3nc(C)c(CC(=O)NC(C)C)c(C)n3)C2)cc1C. The van der Waals surface area contributed by atoms with E-state index in [-0.39, 0.29) is 11.9 Å². The van der Waals surface area contributed by atoms with E-state index in [9.17, 15) is 4.79 Å². The molecule has 2 aromatic rings. The van der Waals surface area contributed by atoms with Gasteiger partial charge < -0.3 is 5.32 Å². The van der Waals surface area contributed by atoms with Gasteiger partial charge in [-0.15, -0.1) is 0 Å². The first kappa shape index (κ1) is 21.4. The van der Waals surface area contributed by atoms with Crippen molar-refractivity contribution in [3.8, 4) is 0 Å². The fraction of sp³-hybridized carbons (Fsp3) is 0.542. The Labute approximate surface area is 175 Å². The Bertz CT molecular complexity index is 867. The van der Waals surface area contributed by atoms with E-state index in [0.29, 0.717) is 12.3 Å². The number of benzene rings is 1. The second kappa shape index (κ2) is 9.04. The zero-order chi connectivity index (χ0) is 21.1. The van der Waals surface area contributed by atoms with Crippen LogP contribution in [0, 0.1) is 27.7 Å². The lowest BCUT2D eigenvalue weighted by atomic mass is 10.0. The number of aryl methyl sites for hydroxylation is 4. The minimum Gasteiger partial charge on any atom is -0.354 e. The summed E-state index contributed by atoms with van der Waals surface area (Å²) < 4.78 is 0. The second-order valence-corrected chi connectivity index (χ2v) is 8.77. The Hall–Kier alpha value is -2.27. The molecule has 1 fully saturated rings. The number of nitrogens with one attached hydrogen (secondary N) is 1. The fourth-order valence-electron chi connectivity index (χ4n) is 4.08. The number of nitrogens with zero attached hydrogens (tertiary/aromatic N) is 3. The van der Waals surface area contributed by atoms with Crippen LogP contribution in [0.3, 0.4) is 0 Å². The van der Waals surface area contributed by atoms with Crippen molar-refractivity contribution in [3.63, 3.8) is 0 Å². The molecule has 1 aromatic carbocycles. The topological polar surface area (TPSA) is 58.1 Å². The van der Waals surface area contributed by atoms with E-state index >= 15 is 0 Å². The molecule has 1 saturated heterocycles. The number of aromatic nitrogens is 2. The minimum atomic E-state index is 0.0305. The molecule has 5 heteroatoms. The molecule has 1 atom stereocenters. The first-order chi connectivity index (χ1) is 13.7. The van der Waals surface area contributed by atoms with Gasteiger partial charge >= 0.3 is 0 Å².